The molecule has 4 atom stereocenters. The molecule has 0 aromatic carbocycles. The third-order valence-electron chi connectivity index (χ3n) is 9.07. The number of fused-ring (bicyclic) bond motifs is 2. The molecule has 3 aliphatic heterocycles. The highest BCUT2D eigenvalue weighted by Gasteiger charge is 2.56. The fraction of sp³-hybridized carbons (Fsp3) is 0.758. The largest absolute Gasteiger partial charge is 0.394 e. The van der Waals surface area contributed by atoms with Gasteiger partial charge in [0.2, 0.25) is 11.9 Å². The van der Waals surface area contributed by atoms with Crippen LogP contribution < -0.4 is 15.5 Å². The van der Waals surface area contributed by atoms with Crippen molar-refractivity contribution >= 4 is 28.7 Å². The molecule has 0 spiro atoms. The molecule has 0 bridgehead atoms. The van der Waals surface area contributed by atoms with Crippen LogP contribution in [0.15, 0.2) is 6.20 Å². The van der Waals surface area contributed by atoms with E-state index in [4.69, 9.17) is 49.5 Å². The number of nitrogens with one attached hydrogen (secondary N) is 2. The van der Waals surface area contributed by atoms with Crippen LogP contribution in [0.25, 0.3) is 11.0 Å². The highest BCUT2D eigenvalue weighted by atomic mass is 16.8. The van der Waals surface area contributed by atoms with Crippen molar-refractivity contribution in [2.75, 3.05) is 89.3 Å². The SMILES string of the molecule is C#CCOCCOCCOCCOCCNC(=O)C1CN(c2nc(NC3CCCC3)c3cnn([C@@H]4O[C@H](CO)[C@H]5OC(C)(C)O[C@H]54)c3n2)C1. The number of carbonyl (C=O) groups is 1. The van der Waals surface area contributed by atoms with Gasteiger partial charge in [0.15, 0.2) is 17.7 Å². The molecule has 270 valence electrons. The van der Waals surface area contributed by atoms with Crippen LogP contribution in [0.3, 0.4) is 0 Å². The second kappa shape index (κ2) is 16.7. The molecule has 0 unspecified atom stereocenters. The van der Waals surface area contributed by atoms with E-state index in [-0.39, 0.29) is 25.0 Å². The Bertz CT molecular complexity index is 1420. The van der Waals surface area contributed by atoms with E-state index >= 15 is 0 Å². The van der Waals surface area contributed by atoms with E-state index in [9.17, 15) is 9.90 Å². The van der Waals surface area contributed by atoms with Gasteiger partial charge in [0, 0.05) is 25.7 Å². The molecule has 16 heteroatoms. The molecule has 3 saturated heterocycles. The van der Waals surface area contributed by atoms with E-state index in [0.29, 0.717) is 89.3 Å². The fourth-order valence-electron chi connectivity index (χ4n) is 6.61. The minimum Gasteiger partial charge on any atom is -0.394 e. The number of ether oxygens (including phenoxy) is 7. The van der Waals surface area contributed by atoms with Crippen molar-refractivity contribution in [2.45, 2.75) is 75.9 Å². The van der Waals surface area contributed by atoms with Crippen LogP contribution in [0.5, 0.6) is 0 Å². The predicted molar refractivity (Wildman–Crippen MR) is 177 cm³/mol. The zero-order valence-electron chi connectivity index (χ0n) is 28.4. The van der Waals surface area contributed by atoms with Gasteiger partial charge in [-0.15, -0.1) is 6.42 Å². The number of carbonyl (C=O) groups excluding carboxylic acids is 1. The van der Waals surface area contributed by atoms with Crippen molar-refractivity contribution < 1.29 is 43.1 Å². The van der Waals surface area contributed by atoms with Crippen LogP contribution in [-0.4, -0.2) is 140 Å². The summed E-state index contributed by atoms with van der Waals surface area (Å²) in [5, 5.41) is 22.1. The Labute approximate surface area is 286 Å². The van der Waals surface area contributed by atoms with Gasteiger partial charge in [-0.2, -0.15) is 15.1 Å². The van der Waals surface area contributed by atoms with Crippen molar-refractivity contribution in [2.24, 2.45) is 5.92 Å². The normalized spacial score (nSPS) is 25.1. The van der Waals surface area contributed by atoms with Gasteiger partial charge in [0.1, 0.15) is 30.7 Å². The number of aromatic nitrogens is 4. The monoisotopic (exact) mass is 687 g/mol. The topological polar surface area (TPSA) is 173 Å². The Hall–Kier alpha value is -3.14. The predicted octanol–water partition coefficient (Wildman–Crippen LogP) is 0.843. The Kier molecular flexibility index (Phi) is 12.2. The first-order chi connectivity index (χ1) is 23.9. The molecule has 3 N–H and O–H groups in total. The molecule has 1 saturated carbocycles. The molecule has 2 aromatic heterocycles. The molecule has 4 fully saturated rings. The molecule has 1 aliphatic carbocycles. The Morgan fingerprint density at radius 3 is 2.39 bits per heavy atom. The number of amides is 1. The minimum absolute atomic E-state index is 0.0312. The first-order valence-corrected chi connectivity index (χ1v) is 17.3. The summed E-state index contributed by atoms with van der Waals surface area (Å²) in [6.07, 6.45) is 9.27. The molecule has 49 heavy (non-hydrogen) atoms. The van der Waals surface area contributed by atoms with E-state index in [1.54, 1.807) is 10.9 Å². The van der Waals surface area contributed by atoms with Crippen molar-refractivity contribution in [3.8, 4) is 12.3 Å². The first kappa shape index (κ1) is 35.7. The molecule has 1 amide bonds. The summed E-state index contributed by atoms with van der Waals surface area (Å²) < 4.78 is 41.8. The van der Waals surface area contributed by atoms with Crippen molar-refractivity contribution in [3.63, 3.8) is 0 Å². The summed E-state index contributed by atoms with van der Waals surface area (Å²) in [4.78, 5) is 24.7. The van der Waals surface area contributed by atoms with Crippen LogP contribution >= 0.6 is 0 Å². The second-order valence-corrected chi connectivity index (χ2v) is 13.1. The van der Waals surface area contributed by atoms with Gasteiger partial charge < -0.3 is 53.8 Å². The number of nitrogens with zero attached hydrogens (tertiary/aromatic N) is 5. The van der Waals surface area contributed by atoms with Gasteiger partial charge in [-0.25, -0.2) is 4.68 Å². The lowest BCUT2D eigenvalue weighted by Gasteiger charge is -2.38. The Balaban J connectivity index is 0.991. The average molecular weight is 688 g/mol. The zero-order chi connectivity index (χ0) is 34.2. The third-order valence-corrected chi connectivity index (χ3v) is 9.07. The maximum Gasteiger partial charge on any atom is 0.229 e. The summed E-state index contributed by atoms with van der Waals surface area (Å²) in [6, 6.07) is 0.320. The van der Waals surface area contributed by atoms with Crippen LogP contribution in [0, 0.1) is 18.3 Å². The fourth-order valence-corrected chi connectivity index (χ4v) is 6.61. The molecular weight excluding hydrogens is 638 g/mol. The number of aliphatic hydroxyl groups excluding tert-OH is 1. The standard InChI is InChI=1S/C33H49N7O9/c1-4-10-43-12-14-45-16-17-46-15-13-44-11-9-34-30(42)22-19-39(20-22)32-37-28(36-23-7-5-6-8-23)24-18-35-40(29(24)38-32)31-27-26(25(21-41)47-31)48-33(2,3)49-27/h1,18,22-23,25-27,31,41H,5-17,19-21H2,2-3H3,(H,34,42)(H,36,37,38)/t25-,26-,27-,31-/m1/s1. The van der Waals surface area contributed by atoms with Gasteiger partial charge in [0.05, 0.1) is 70.4 Å². The molecular formula is C33H49N7O9. The van der Waals surface area contributed by atoms with Gasteiger partial charge in [-0.3, -0.25) is 4.79 Å². The van der Waals surface area contributed by atoms with Crippen LogP contribution in [0.2, 0.25) is 0 Å². The summed E-state index contributed by atoms with van der Waals surface area (Å²) in [5.41, 5.74) is 0.591. The van der Waals surface area contributed by atoms with Crippen LogP contribution in [0.4, 0.5) is 11.8 Å². The molecule has 6 rings (SSSR count). The van der Waals surface area contributed by atoms with E-state index in [1.165, 1.54) is 12.8 Å². The van der Waals surface area contributed by atoms with Crippen molar-refractivity contribution in [1.82, 2.24) is 25.1 Å². The van der Waals surface area contributed by atoms with E-state index < -0.39 is 30.3 Å². The maximum atomic E-state index is 12.9. The van der Waals surface area contributed by atoms with Crippen LogP contribution in [-0.2, 0) is 38.0 Å². The van der Waals surface area contributed by atoms with Crippen LogP contribution in [0.1, 0.15) is 45.8 Å². The highest BCUT2D eigenvalue weighted by Crippen LogP contribution is 2.44. The number of aliphatic hydroxyl groups is 1. The molecule has 16 nitrogen and oxygen atoms in total. The van der Waals surface area contributed by atoms with E-state index in [0.717, 1.165) is 18.2 Å². The van der Waals surface area contributed by atoms with Gasteiger partial charge in [-0.05, 0) is 26.7 Å². The number of rotatable bonds is 19. The maximum absolute atomic E-state index is 12.9. The lowest BCUT2D eigenvalue weighted by atomic mass is 10.00. The number of hydrogen-bond donors (Lipinski definition) is 3. The second-order valence-electron chi connectivity index (χ2n) is 13.1. The van der Waals surface area contributed by atoms with Gasteiger partial charge in [-0.1, -0.05) is 18.8 Å². The van der Waals surface area contributed by atoms with E-state index in [2.05, 4.69) is 21.7 Å². The third kappa shape index (κ3) is 8.78. The van der Waals surface area contributed by atoms with Crippen molar-refractivity contribution in [3.05, 3.63) is 6.20 Å². The lowest BCUT2D eigenvalue weighted by molar-refractivity contribution is -0.201. The summed E-state index contributed by atoms with van der Waals surface area (Å²) in [7, 11) is 0. The number of hydrogen-bond acceptors (Lipinski definition) is 14. The summed E-state index contributed by atoms with van der Waals surface area (Å²) in [5.74, 6) is 2.59. The smallest absolute Gasteiger partial charge is 0.229 e. The Morgan fingerprint density at radius 2 is 1.69 bits per heavy atom. The number of anilines is 2. The molecule has 5 heterocycles. The Morgan fingerprint density at radius 1 is 1.02 bits per heavy atom. The van der Waals surface area contributed by atoms with Crippen molar-refractivity contribution in [1.29, 1.82) is 0 Å². The highest BCUT2D eigenvalue weighted by molar-refractivity contribution is 5.88. The zero-order valence-corrected chi connectivity index (χ0v) is 28.4. The lowest BCUT2D eigenvalue weighted by Crippen LogP contribution is -2.54. The first-order valence-electron chi connectivity index (χ1n) is 17.3. The van der Waals surface area contributed by atoms with Gasteiger partial charge in [0.25, 0.3) is 0 Å². The minimum atomic E-state index is -0.813. The summed E-state index contributed by atoms with van der Waals surface area (Å²) >= 11 is 0. The van der Waals surface area contributed by atoms with E-state index in [1.807, 2.05) is 18.7 Å². The average Bonchev–Trinajstić information content (AvgIpc) is 3.85. The quantitative estimate of drug-likeness (QED) is 0.140. The van der Waals surface area contributed by atoms with Gasteiger partial charge >= 0.3 is 0 Å². The summed E-state index contributed by atoms with van der Waals surface area (Å²) in [6.45, 7) is 8.30. The number of terminal acetylenes is 1. The molecule has 2 aromatic rings. The molecule has 4 aliphatic rings. The molecule has 0 radical (unpaired) electrons.